The Hall–Kier alpha value is -4.07. The van der Waals surface area contributed by atoms with Gasteiger partial charge in [-0.1, -0.05) is 43.3 Å². The largest absolute Gasteiger partial charge is 0.496 e. The van der Waals surface area contributed by atoms with E-state index >= 15 is 0 Å². The summed E-state index contributed by atoms with van der Waals surface area (Å²) in [5.41, 5.74) is 6.82. The summed E-state index contributed by atoms with van der Waals surface area (Å²) >= 11 is 0. The first-order valence-electron chi connectivity index (χ1n) is 15.2. The number of nitrogens with zero attached hydrogens (tertiary/aromatic N) is 1. The molecule has 1 aromatic heterocycles. The van der Waals surface area contributed by atoms with Crippen LogP contribution in [0.25, 0.3) is 22.0 Å². The van der Waals surface area contributed by atoms with Crippen LogP contribution in [0, 0.1) is 5.92 Å². The average molecular weight is 581 g/mol. The summed E-state index contributed by atoms with van der Waals surface area (Å²) in [4.78, 5) is 30.8. The maximum absolute atomic E-state index is 13.4. The Morgan fingerprint density at radius 3 is 2.40 bits per heavy atom. The number of Topliss-reactive ketones (excluding diaryl/α,β-unsaturated/α-hetero) is 1. The van der Waals surface area contributed by atoms with Crippen LogP contribution in [0.3, 0.4) is 0 Å². The number of ketones is 1. The fourth-order valence-corrected chi connectivity index (χ4v) is 5.34. The molecule has 0 spiro atoms. The molecule has 0 saturated heterocycles. The number of hydrogen-bond donors (Lipinski definition) is 2. The molecular weight excluding hydrogens is 540 g/mol. The molecule has 1 amide bonds. The zero-order valence-corrected chi connectivity index (χ0v) is 25.0. The van der Waals surface area contributed by atoms with E-state index in [0.29, 0.717) is 55.4 Å². The van der Waals surface area contributed by atoms with E-state index in [1.54, 1.807) is 13.3 Å². The first-order chi connectivity index (χ1) is 21.0. The zero-order chi connectivity index (χ0) is 30.2. The molecule has 224 valence electrons. The number of hydrogen-bond acceptors (Lipinski definition) is 6. The lowest BCUT2D eigenvalue weighted by Crippen LogP contribution is -2.27. The predicted molar refractivity (Wildman–Crippen MR) is 169 cm³/mol. The summed E-state index contributed by atoms with van der Waals surface area (Å²) < 4.78 is 11.2. The van der Waals surface area contributed by atoms with Gasteiger partial charge in [0.05, 0.1) is 25.8 Å². The van der Waals surface area contributed by atoms with Crippen LogP contribution in [-0.2, 0) is 24.2 Å². The van der Waals surface area contributed by atoms with E-state index in [-0.39, 0.29) is 18.3 Å². The third-order valence-electron chi connectivity index (χ3n) is 7.98. The van der Waals surface area contributed by atoms with Gasteiger partial charge < -0.3 is 19.9 Å². The van der Waals surface area contributed by atoms with Crippen molar-refractivity contribution in [2.24, 2.45) is 5.92 Å². The average Bonchev–Trinajstić information content (AvgIpc) is 3.87. The quantitative estimate of drug-likeness (QED) is 0.126. The van der Waals surface area contributed by atoms with Crippen LogP contribution >= 0.6 is 0 Å². The van der Waals surface area contributed by atoms with E-state index in [1.807, 2.05) is 54.6 Å². The highest BCUT2D eigenvalue weighted by atomic mass is 16.5. The molecule has 7 heteroatoms. The fourth-order valence-electron chi connectivity index (χ4n) is 5.34. The topological polar surface area (TPSA) is 97.8 Å². The van der Waals surface area contributed by atoms with Crippen molar-refractivity contribution in [1.29, 1.82) is 0 Å². The summed E-state index contributed by atoms with van der Waals surface area (Å²) in [6.07, 6.45) is 6.89. The van der Waals surface area contributed by atoms with Gasteiger partial charge in [-0.05, 0) is 78.5 Å². The standard InChI is InChI=1S/C36H40N2O5/c1-3-17-43-18-16-37-36(41)28-13-11-27(12-14-28)30-20-31-29(15-10-24-4-8-26(23-39)9-5-24)32(34(40)19-25-6-7-25)22-38-33(31)21-35(30)42-2/h4-5,8-9,11-14,20-22,25,39H,3,6-7,10,15-19,23H2,1-2H3,(H,37,41). The molecule has 1 saturated carbocycles. The molecule has 1 aliphatic carbocycles. The van der Waals surface area contributed by atoms with Crippen molar-refractivity contribution < 1.29 is 24.2 Å². The van der Waals surface area contributed by atoms with Crippen LogP contribution in [0.15, 0.2) is 66.9 Å². The number of aryl methyl sites for hydroxylation is 2. The Balaban J connectivity index is 1.46. The number of aliphatic hydroxyl groups is 1. The second-order valence-corrected chi connectivity index (χ2v) is 11.2. The second-order valence-electron chi connectivity index (χ2n) is 11.2. The third-order valence-corrected chi connectivity index (χ3v) is 7.98. The van der Waals surface area contributed by atoms with Gasteiger partial charge >= 0.3 is 0 Å². The molecule has 0 unspecified atom stereocenters. The molecule has 5 rings (SSSR count). The maximum Gasteiger partial charge on any atom is 0.251 e. The Bertz CT molecular complexity index is 1560. The van der Waals surface area contributed by atoms with Crippen molar-refractivity contribution in [3.05, 3.63) is 94.7 Å². The number of carbonyl (C=O) groups excluding carboxylic acids is 2. The monoisotopic (exact) mass is 580 g/mol. The van der Waals surface area contributed by atoms with Crippen LogP contribution in [-0.4, -0.2) is 48.6 Å². The summed E-state index contributed by atoms with van der Waals surface area (Å²) in [5.74, 6) is 1.16. The Morgan fingerprint density at radius 1 is 0.977 bits per heavy atom. The van der Waals surface area contributed by atoms with Gasteiger partial charge in [0, 0.05) is 53.9 Å². The molecule has 1 heterocycles. The lowest BCUT2D eigenvalue weighted by atomic mass is 9.91. The summed E-state index contributed by atoms with van der Waals surface area (Å²) in [5, 5.41) is 13.2. The summed E-state index contributed by atoms with van der Waals surface area (Å²) in [6.45, 7) is 3.70. The minimum Gasteiger partial charge on any atom is -0.496 e. The van der Waals surface area contributed by atoms with Gasteiger partial charge in [-0.25, -0.2) is 0 Å². The fraction of sp³-hybridized carbons (Fsp3) is 0.361. The highest BCUT2D eigenvalue weighted by Gasteiger charge is 2.27. The van der Waals surface area contributed by atoms with Crippen molar-refractivity contribution in [1.82, 2.24) is 10.3 Å². The molecule has 1 aliphatic rings. The molecule has 43 heavy (non-hydrogen) atoms. The van der Waals surface area contributed by atoms with E-state index in [2.05, 4.69) is 18.3 Å². The number of benzene rings is 3. The molecule has 0 radical (unpaired) electrons. The van der Waals surface area contributed by atoms with E-state index in [1.165, 1.54) is 0 Å². The smallest absolute Gasteiger partial charge is 0.251 e. The Labute approximate surface area is 253 Å². The number of amides is 1. The van der Waals surface area contributed by atoms with E-state index in [4.69, 9.17) is 14.5 Å². The van der Waals surface area contributed by atoms with Gasteiger partial charge in [0.15, 0.2) is 5.78 Å². The molecule has 2 N–H and O–H groups in total. The number of ether oxygens (including phenoxy) is 2. The maximum atomic E-state index is 13.4. The third kappa shape index (κ3) is 7.66. The number of pyridine rings is 1. The lowest BCUT2D eigenvalue weighted by Gasteiger charge is -2.16. The van der Waals surface area contributed by atoms with Crippen LogP contribution in [0.2, 0.25) is 0 Å². The van der Waals surface area contributed by atoms with Crippen molar-refractivity contribution in [3.8, 4) is 16.9 Å². The second kappa shape index (κ2) is 14.4. The molecule has 4 aromatic rings. The van der Waals surface area contributed by atoms with Gasteiger partial charge in [-0.3, -0.25) is 14.6 Å². The van der Waals surface area contributed by atoms with Crippen molar-refractivity contribution >= 4 is 22.6 Å². The minimum absolute atomic E-state index is 0.0133. The molecular formula is C36H40N2O5. The van der Waals surface area contributed by atoms with Gasteiger partial charge in [-0.2, -0.15) is 0 Å². The molecule has 0 atom stereocenters. The number of methoxy groups -OCH3 is 1. The van der Waals surface area contributed by atoms with Crippen LogP contribution < -0.4 is 10.1 Å². The van der Waals surface area contributed by atoms with Crippen molar-refractivity contribution in [2.45, 2.75) is 52.1 Å². The zero-order valence-electron chi connectivity index (χ0n) is 25.0. The highest BCUT2D eigenvalue weighted by Crippen LogP contribution is 2.38. The van der Waals surface area contributed by atoms with Crippen LogP contribution in [0.5, 0.6) is 5.75 Å². The Morgan fingerprint density at radius 2 is 1.72 bits per heavy atom. The number of rotatable bonds is 15. The SMILES string of the molecule is CCCOCCNC(=O)c1ccc(-c2cc3c(CCc4ccc(CO)cc4)c(C(=O)CC4CC4)cnc3cc2OC)cc1. The first-order valence-corrected chi connectivity index (χ1v) is 15.2. The van der Waals surface area contributed by atoms with Crippen LogP contribution in [0.4, 0.5) is 0 Å². The van der Waals surface area contributed by atoms with Gasteiger partial charge in [0.25, 0.3) is 5.91 Å². The molecule has 1 fully saturated rings. The summed E-state index contributed by atoms with van der Waals surface area (Å²) in [7, 11) is 1.64. The number of fused-ring (bicyclic) bond motifs is 1. The van der Waals surface area contributed by atoms with Crippen LogP contribution in [0.1, 0.15) is 70.0 Å². The number of aromatic nitrogens is 1. The lowest BCUT2D eigenvalue weighted by molar-refractivity contribution is 0.0914. The Kier molecular flexibility index (Phi) is 10.2. The molecule has 0 aliphatic heterocycles. The summed E-state index contributed by atoms with van der Waals surface area (Å²) in [6, 6.07) is 19.4. The number of carbonyl (C=O) groups is 2. The predicted octanol–water partition coefficient (Wildman–Crippen LogP) is 6.33. The minimum atomic E-state index is -0.144. The van der Waals surface area contributed by atoms with E-state index in [0.717, 1.165) is 64.4 Å². The highest BCUT2D eigenvalue weighted by molar-refractivity contribution is 6.03. The van der Waals surface area contributed by atoms with Crippen molar-refractivity contribution in [3.63, 3.8) is 0 Å². The molecule has 7 nitrogen and oxygen atoms in total. The first kappa shape index (κ1) is 30.4. The normalized spacial score (nSPS) is 12.8. The van der Waals surface area contributed by atoms with Gasteiger partial charge in [0.2, 0.25) is 0 Å². The molecule has 0 bridgehead atoms. The van der Waals surface area contributed by atoms with Crippen molar-refractivity contribution in [2.75, 3.05) is 26.9 Å². The van der Waals surface area contributed by atoms with E-state index in [9.17, 15) is 14.7 Å². The number of nitrogens with one attached hydrogen (secondary N) is 1. The van der Waals surface area contributed by atoms with Gasteiger partial charge in [0.1, 0.15) is 5.75 Å². The van der Waals surface area contributed by atoms with Gasteiger partial charge in [-0.15, -0.1) is 0 Å². The van der Waals surface area contributed by atoms with E-state index < -0.39 is 0 Å². The number of aliphatic hydroxyl groups excluding tert-OH is 1. The molecule has 3 aromatic carbocycles.